The fraction of sp³-hybridized carbons (Fsp3) is 0.750. The maximum atomic E-state index is 5.18. The molecule has 0 aliphatic rings. The van der Waals surface area contributed by atoms with E-state index < -0.39 is 0 Å². The second kappa shape index (κ2) is 4.94. The topological polar surface area (TPSA) is 52.0 Å². The lowest BCUT2D eigenvalue weighted by molar-refractivity contribution is 0.0190. The summed E-state index contributed by atoms with van der Waals surface area (Å²) in [5.74, 6) is 0.536. The molecule has 0 aromatic carbocycles. The molecular formula is C8H16N4O. The quantitative estimate of drug-likeness (QED) is 0.534. The number of aryl methyl sites for hydroxylation is 1. The molecule has 74 valence electrons. The highest BCUT2D eigenvalue weighted by molar-refractivity contribution is 4.89. The minimum Gasteiger partial charge on any atom is -0.301 e. The van der Waals surface area contributed by atoms with Crippen LogP contribution in [0.3, 0.4) is 0 Å². The van der Waals surface area contributed by atoms with E-state index in [1.807, 2.05) is 13.2 Å². The van der Waals surface area contributed by atoms with E-state index >= 15 is 0 Å². The molecule has 0 aliphatic heterocycles. The Balaban J connectivity index is 2.13. The number of aromatic nitrogens is 3. The van der Waals surface area contributed by atoms with Gasteiger partial charge in [0.05, 0.1) is 18.8 Å². The maximum absolute atomic E-state index is 5.18. The molecule has 5 heteroatoms. The highest BCUT2D eigenvalue weighted by Crippen LogP contribution is 1.92. The summed E-state index contributed by atoms with van der Waals surface area (Å²) in [6, 6.07) is 0. The summed E-state index contributed by atoms with van der Waals surface area (Å²) in [5, 5.41) is 7.70. The third-order valence-electron chi connectivity index (χ3n) is 1.42. The fourth-order valence-corrected chi connectivity index (χ4v) is 0.827. The Morgan fingerprint density at radius 2 is 2.38 bits per heavy atom. The molecule has 1 N–H and O–H groups in total. The van der Waals surface area contributed by atoms with Gasteiger partial charge in [0.2, 0.25) is 0 Å². The van der Waals surface area contributed by atoms with Crippen LogP contribution in [0.15, 0.2) is 6.20 Å². The third-order valence-corrected chi connectivity index (χ3v) is 1.42. The number of hydrogen-bond donors (Lipinski definition) is 1. The summed E-state index contributed by atoms with van der Waals surface area (Å²) in [5.41, 5.74) is 3.71. The summed E-state index contributed by atoms with van der Waals surface area (Å²) in [7, 11) is 1.84. The van der Waals surface area contributed by atoms with Gasteiger partial charge in [-0.3, -0.25) is 4.68 Å². The first-order chi connectivity index (χ1) is 6.18. The molecule has 1 aromatic rings. The molecule has 0 fully saturated rings. The van der Waals surface area contributed by atoms with Crippen molar-refractivity contribution < 1.29 is 4.84 Å². The molecule has 0 saturated carbocycles. The molecule has 0 spiro atoms. The van der Waals surface area contributed by atoms with Gasteiger partial charge in [0.1, 0.15) is 0 Å². The largest absolute Gasteiger partial charge is 0.301 e. The van der Waals surface area contributed by atoms with Crippen LogP contribution in [0.2, 0.25) is 0 Å². The van der Waals surface area contributed by atoms with Gasteiger partial charge in [0, 0.05) is 13.2 Å². The van der Waals surface area contributed by atoms with Gasteiger partial charge in [-0.15, -0.1) is 5.10 Å². The Morgan fingerprint density at radius 1 is 1.62 bits per heavy atom. The third kappa shape index (κ3) is 4.00. The first kappa shape index (κ1) is 10.1. The van der Waals surface area contributed by atoms with Gasteiger partial charge in [-0.1, -0.05) is 19.1 Å². The lowest BCUT2D eigenvalue weighted by atomic mass is 10.2. The molecule has 0 amide bonds. The van der Waals surface area contributed by atoms with Crippen molar-refractivity contribution in [3.8, 4) is 0 Å². The Morgan fingerprint density at radius 3 is 2.92 bits per heavy atom. The molecule has 1 aromatic heterocycles. The van der Waals surface area contributed by atoms with Crippen LogP contribution < -0.4 is 5.48 Å². The minimum absolute atomic E-state index is 0.536. The van der Waals surface area contributed by atoms with Crippen molar-refractivity contribution in [2.45, 2.75) is 20.4 Å². The predicted octanol–water partition coefficient (Wildman–Crippen LogP) is 0.492. The number of hydroxylamine groups is 1. The maximum Gasteiger partial charge on any atom is 0.0988 e. The zero-order valence-corrected chi connectivity index (χ0v) is 8.32. The summed E-state index contributed by atoms with van der Waals surface area (Å²) < 4.78 is 1.67. The van der Waals surface area contributed by atoms with Gasteiger partial charge in [0.15, 0.2) is 0 Å². The van der Waals surface area contributed by atoms with Crippen LogP contribution in [0.1, 0.15) is 19.5 Å². The molecule has 0 atom stereocenters. The Labute approximate surface area is 78.0 Å². The number of nitrogens with one attached hydrogen (secondary N) is 1. The van der Waals surface area contributed by atoms with Gasteiger partial charge in [0.25, 0.3) is 0 Å². The standard InChI is InChI=1S/C8H16N4O/c1-7(2)6-13-9-4-8-5-12(3)11-10-8/h5,7,9H,4,6H2,1-3H3. The highest BCUT2D eigenvalue weighted by atomic mass is 16.6. The van der Waals surface area contributed by atoms with Crippen molar-refractivity contribution in [3.63, 3.8) is 0 Å². The van der Waals surface area contributed by atoms with Gasteiger partial charge in [-0.2, -0.15) is 5.48 Å². The lowest BCUT2D eigenvalue weighted by Crippen LogP contribution is -2.17. The van der Waals surface area contributed by atoms with Crippen LogP contribution >= 0.6 is 0 Å². The SMILES string of the molecule is CC(C)CONCc1cn(C)nn1. The fourth-order valence-electron chi connectivity index (χ4n) is 0.827. The van der Waals surface area contributed by atoms with Gasteiger partial charge in [-0.25, -0.2) is 0 Å². The van der Waals surface area contributed by atoms with Crippen molar-refractivity contribution >= 4 is 0 Å². The van der Waals surface area contributed by atoms with Gasteiger partial charge >= 0.3 is 0 Å². The van der Waals surface area contributed by atoms with Crippen molar-refractivity contribution in [1.82, 2.24) is 20.5 Å². The molecule has 0 radical (unpaired) electrons. The normalized spacial score (nSPS) is 11.1. The van der Waals surface area contributed by atoms with Crippen LogP contribution in [-0.4, -0.2) is 21.6 Å². The second-order valence-corrected chi connectivity index (χ2v) is 3.41. The van der Waals surface area contributed by atoms with Crippen molar-refractivity contribution in [3.05, 3.63) is 11.9 Å². The van der Waals surface area contributed by atoms with E-state index in [2.05, 4.69) is 29.6 Å². The monoisotopic (exact) mass is 184 g/mol. The van der Waals surface area contributed by atoms with E-state index in [1.54, 1.807) is 4.68 Å². The lowest BCUT2D eigenvalue weighted by Gasteiger charge is -2.05. The molecular weight excluding hydrogens is 168 g/mol. The van der Waals surface area contributed by atoms with Crippen LogP contribution in [-0.2, 0) is 18.4 Å². The summed E-state index contributed by atoms with van der Waals surface area (Å²) in [6.07, 6.45) is 1.85. The highest BCUT2D eigenvalue weighted by Gasteiger charge is 1.97. The minimum atomic E-state index is 0.536. The van der Waals surface area contributed by atoms with E-state index in [-0.39, 0.29) is 0 Å². The smallest absolute Gasteiger partial charge is 0.0988 e. The zero-order chi connectivity index (χ0) is 9.68. The molecule has 1 heterocycles. The number of hydrogen-bond acceptors (Lipinski definition) is 4. The molecule has 5 nitrogen and oxygen atoms in total. The van der Waals surface area contributed by atoms with E-state index in [0.717, 1.165) is 5.69 Å². The van der Waals surface area contributed by atoms with Crippen molar-refractivity contribution in [1.29, 1.82) is 0 Å². The summed E-state index contributed by atoms with van der Waals surface area (Å²) in [4.78, 5) is 5.18. The Kier molecular flexibility index (Phi) is 3.85. The molecule has 13 heavy (non-hydrogen) atoms. The first-order valence-corrected chi connectivity index (χ1v) is 4.38. The molecule has 0 aliphatic carbocycles. The van der Waals surface area contributed by atoms with E-state index in [4.69, 9.17) is 4.84 Å². The van der Waals surface area contributed by atoms with Crippen LogP contribution in [0.5, 0.6) is 0 Å². The molecule has 1 rings (SSSR count). The summed E-state index contributed by atoms with van der Waals surface area (Å²) in [6.45, 7) is 5.51. The average molecular weight is 184 g/mol. The first-order valence-electron chi connectivity index (χ1n) is 4.38. The average Bonchev–Trinajstić information content (AvgIpc) is 2.45. The van der Waals surface area contributed by atoms with Crippen molar-refractivity contribution in [2.75, 3.05) is 6.61 Å². The molecule has 0 unspecified atom stereocenters. The van der Waals surface area contributed by atoms with E-state index in [0.29, 0.717) is 19.1 Å². The Hall–Kier alpha value is -0.940. The van der Waals surface area contributed by atoms with Gasteiger partial charge in [-0.05, 0) is 5.92 Å². The van der Waals surface area contributed by atoms with Crippen LogP contribution in [0.25, 0.3) is 0 Å². The van der Waals surface area contributed by atoms with Gasteiger partial charge < -0.3 is 4.84 Å². The number of rotatable bonds is 5. The molecule has 0 bridgehead atoms. The van der Waals surface area contributed by atoms with Crippen LogP contribution in [0.4, 0.5) is 0 Å². The second-order valence-electron chi connectivity index (χ2n) is 3.41. The van der Waals surface area contributed by atoms with E-state index in [9.17, 15) is 0 Å². The van der Waals surface area contributed by atoms with Crippen LogP contribution in [0, 0.1) is 5.92 Å². The predicted molar refractivity (Wildman–Crippen MR) is 48.6 cm³/mol. The zero-order valence-electron chi connectivity index (χ0n) is 8.32. The Bertz CT molecular complexity index is 246. The van der Waals surface area contributed by atoms with Crippen molar-refractivity contribution in [2.24, 2.45) is 13.0 Å². The molecule has 0 saturated heterocycles. The number of nitrogens with zero attached hydrogens (tertiary/aromatic N) is 3. The van der Waals surface area contributed by atoms with E-state index in [1.165, 1.54) is 0 Å². The summed E-state index contributed by atoms with van der Waals surface area (Å²) >= 11 is 0.